The highest BCUT2D eigenvalue weighted by molar-refractivity contribution is 9.10. The lowest BCUT2D eigenvalue weighted by molar-refractivity contribution is -0.115. The average molecular weight is 327 g/mol. The Morgan fingerprint density at radius 2 is 1.79 bits per heavy atom. The van der Waals surface area contributed by atoms with Gasteiger partial charge >= 0.3 is 0 Å². The molecule has 0 bridgehead atoms. The highest BCUT2D eigenvalue weighted by Crippen LogP contribution is 2.13. The molecule has 1 aromatic carbocycles. The van der Waals surface area contributed by atoms with Crippen LogP contribution < -0.4 is 10.6 Å². The molecule has 0 heterocycles. The number of nitrogens with one attached hydrogen (secondary N) is 2. The fourth-order valence-electron chi connectivity index (χ4n) is 1.69. The van der Waals surface area contributed by atoms with Gasteiger partial charge in [-0.1, -0.05) is 29.8 Å². The normalized spacial score (nSPS) is 12.5. The van der Waals surface area contributed by atoms with Crippen LogP contribution in [0.3, 0.4) is 0 Å². The lowest BCUT2D eigenvalue weighted by Crippen LogP contribution is -2.34. The molecule has 0 fully saturated rings. The standard InChI is InChI=1S/C15H23BrN2O/c1-11(2)4-5-12(3)17-10-15(19)18-14-8-6-13(16)7-9-14/h6-9,11-12,17H,4-5,10H2,1-3H3,(H,18,19)/t12-/m1/s1. The molecule has 0 aromatic heterocycles. The highest BCUT2D eigenvalue weighted by atomic mass is 79.9. The second-order valence-electron chi connectivity index (χ2n) is 5.31. The number of amides is 1. The molecular weight excluding hydrogens is 304 g/mol. The Balaban J connectivity index is 2.26. The molecule has 106 valence electrons. The van der Waals surface area contributed by atoms with Gasteiger partial charge in [0.05, 0.1) is 6.54 Å². The zero-order chi connectivity index (χ0) is 14.3. The third kappa shape index (κ3) is 7.33. The van der Waals surface area contributed by atoms with Crippen molar-refractivity contribution in [3.8, 4) is 0 Å². The van der Waals surface area contributed by atoms with Crippen LogP contribution in [-0.4, -0.2) is 18.5 Å². The monoisotopic (exact) mass is 326 g/mol. The summed E-state index contributed by atoms with van der Waals surface area (Å²) in [6.45, 7) is 6.91. The number of rotatable bonds is 7. The van der Waals surface area contributed by atoms with E-state index < -0.39 is 0 Å². The average Bonchev–Trinajstić information content (AvgIpc) is 2.36. The summed E-state index contributed by atoms with van der Waals surface area (Å²) in [5.41, 5.74) is 0.824. The van der Waals surface area contributed by atoms with Crippen LogP contribution >= 0.6 is 15.9 Å². The van der Waals surface area contributed by atoms with Crippen LogP contribution in [0.1, 0.15) is 33.6 Å². The fourth-order valence-corrected chi connectivity index (χ4v) is 1.96. The molecule has 2 N–H and O–H groups in total. The molecule has 0 unspecified atom stereocenters. The molecule has 0 saturated carbocycles. The summed E-state index contributed by atoms with van der Waals surface area (Å²) in [5, 5.41) is 6.12. The molecule has 1 amide bonds. The Kier molecular flexibility index (Phi) is 7.10. The second-order valence-corrected chi connectivity index (χ2v) is 6.22. The molecule has 19 heavy (non-hydrogen) atoms. The van der Waals surface area contributed by atoms with Crippen molar-refractivity contribution in [2.24, 2.45) is 5.92 Å². The fraction of sp³-hybridized carbons (Fsp3) is 0.533. The summed E-state index contributed by atoms with van der Waals surface area (Å²) in [5.74, 6) is 0.708. The van der Waals surface area contributed by atoms with Gasteiger partial charge in [0.25, 0.3) is 0 Å². The minimum atomic E-state index is -0.00119. The van der Waals surface area contributed by atoms with E-state index in [0.717, 1.165) is 16.6 Å². The summed E-state index contributed by atoms with van der Waals surface area (Å²) < 4.78 is 1.01. The predicted octanol–water partition coefficient (Wildman–Crippen LogP) is 3.80. The Morgan fingerprint density at radius 3 is 2.37 bits per heavy atom. The molecule has 1 aromatic rings. The molecule has 0 aliphatic carbocycles. The van der Waals surface area contributed by atoms with E-state index >= 15 is 0 Å². The highest BCUT2D eigenvalue weighted by Gasteiger charge is 2.06. The van der Waals surface area contributed by atoms with Gasteiger partial charge in [0, 0.05) is 16.2 Å². The van der Waals surface area contributed by atoms with Crippen molar-refractivity contribution in [1.29, 1.82) is 0 Å². The number of anilines is 1. The second kappa shape index (κ2) is 8.33. The molecule has 0 spiro atoms. The van der Waals surface area contributed by atoms with Crippen molar-refractivity contribution in [3.63, 3.8) is 0 Å². The summed E-state index contributed by atoms with van der Waals surface area (Å²) in [6, 6.07) is 7.95. The van der Waals surface area contributed by atoms with Crippen LogP contribution in [0.2, 0.25) is 0 Å². The number of hydrogen-bond donors (Lipinski definition) is 2. The van der Waals surface area contributed by atoms with Crippen molar-refractivity contribution in [2.45, 2.75) is 39.7 Å². The van der Waals surface area contributed by atoms with Crippen molar-refractivity contribution < 1.29 is 4.79 Å². The van der Waals surface area contributed by atoms with Gasteiger partial charge in [0.15, 0.2) is 0 Å². The van der Waals surface area contributed by atoms with Gasteiger partial charge in [0.1, 0.15) is 0 Å². The largest absolute Gasteiger partial charge is 0.325 e. The van der Waals surface area contributed by atoms with Gasteiger partial charge in [-0.15, -0.1) is 0 Å². The van der Waals surface area contributed by atoms with E-state index in [4.69, 9.17) is 0 Å². The molecule has 0 radical (unpaired) electrons. The Bertz CT molecular complexity index is 390. The number of carbonyl (C=O) groups is 1. The molecule has 4 heteroatoms. The summed E-state index contributed by atoms with van der Waals surface area (Å²) in [7, 11) is 0. The van der Waals surface area contributed by atoms with Crippen LogP contribution in [0.25, 0.3) is 0 Å². The van der Waals surface area contributed by atoms with E-state index in [2.05, 4.69) is 47.3 Å². The van der Waals surface area contributed by atoms with Crippen molar-refractivity contribution in [3.05, 3.63) is 28.7 Å². The zero-order valence-electron chi connectivity index (χ0n) is 11.9. The Morgan fingerprint density at radius 1 is 1.16 bits per heavy atom. The number of hydrogen-bond acceptors (Lipinski definition) is 2. The van der Waals surface area contributed by atoms with Crippen LogP contribution in [0.4, 0.5) is 5.69 Å². The smallest absolute Gasteiger partial charge is 0.238 e. The topological polar surface area (TPSA) is 41.1 Å². The lowest BCUT2D eigenvalue weighted by atomic mass is 10.0. The predicted molar refractivity (Wildman–Crippen MR) is 84.3 cm³/mol. The molecule has 1 atom stereocenters. The van der Waals surface area contributed by atoms with Gasteiger partial charge in [-0.2, -0.15) is 0 Å². The van der Waals surface area contributed by atoms with Crippen LogP contribution in [0.5, 0.6) is 0 Å². The zero-order valence-corrected chi connectivity index (χ0v) is 13.5. The van der Waals surface area contributed by atoms with E-state index in [1.807, 2.05) is 24.3 Å². The number of benzene rings is 1. The first-order valence-corrected chi connectivity index (χ1v) is 7.55. The SMILES string of the molecule is CC(C)CC[C@@H](C)NCC(=O)Nc1ccc(Br)cc1. The maximum absolute atomic E-state index is 11.8. The first kappa shape index (κ1) is 16.2. The molecule has 0 aliphatic rings. The maximum Gasteiger partial charge on any atom is 0.238 e. The third-order valence-electron chi connectivity index (χ3n) is 2.92. The molecule has 1 rings (SSSR count). The van der Waals surface area contributed by atoms with Crippen LogP contribution in [-0.2, 0) is 4.79 Å². The maximum atomic E-state index is 11.8. The Hall–Kier alpha value is -0.870. The van der Waals surface area contributed by atoms with Crippen molar-refractivity contribution in [2.75, 3.05) is 11.9 Å². The lowest BCUT2D eigenvalue weighted by Gasteiger charge is -2.14. The van der Waals surface area contributed by atoms with Gasteiger partial charge in [-0.25, -0.2) is 0 Å². The first-order valence-electron chi connectivity index (χ1n) is 6.76. The minimum Gasteiger partial charge on any atom is -0.325 e. The van der Waals surface area contributed by atoms with Gasteiger partial charge in [-0.3, -0.25) is 4.79 Å². The summed E-state index contributed by atoms with van der Waals surface area (Å²) in [4.78, 5) is 11.8. The number of carbonyl (C=O) groups excluding carboxylic acids is 1. The third-order valence-corrected chi connectivity index (χ3v) is 3.44. The van der Waals surface area contributed by atoms with E-state index in [0.29, 0.717) is 18.5 Å². The molecule has 0 aliphatic heterocycles. The van der Waals surface area contributed by atoms with Crippen LogP contribution in [0, 0.1) is 5.92 Å². The first-order chi connectivity index (χ1) is 8.97. The molecule has 0 saturated heterocycles. The van der Waals surface area contributed by atoms with Crippen molar-refractivity contribution in [1.82, 2.24) is 5.32 Å². The van der Waals surface area contributed by atoms with E-state index in [1.165, 1.54) is 6.42 Å². The van der Waals surface area contributed by atoms with E-state index in [9.17, 15) is 4.79 Å². The quantitative estimate of drug-likeness (QED) is 0.800. The van der Waals surface area contributed by atoms with Gasteiger partial charge in [0.2, 0.25) is 5.91 Å². The Labute approximate surface area is 124 Å². The van der Waals surface area contributed by atoms with Gasteiger partial charge in [-0.05, 0) is 49.9 Å². The van der Waals surface area contributed by atoms with E-state index in [1.54, 1.807) is 0 Å². The molecular formula is C15H23BrN2O. The summed E-state index contributed by atoms with van der Waals surface area (Å²) >= 11 is 3.37. The molecule has 3 nitrogen and oxygen atoms in total. The minimum absolute atomic E-state index is 0.00119. The van der Waals surface area contributed by atoms with Crippen molar-refractivity contribution >= 4 is 27.5 Å². The summed E-state index contributed by atoms with van der Waals surface area (Å²) in [6.07, 6.45) is 2.28. The van der Waals surface area contributed by atoms with Gasteiger partial charge < -0.3 is 10.6 Å². The van der Waals surface area contributed by atoms with E-state index in [-0.39, 0.29) is 5.91 Å². The number of halogens is 1. The van der Waals surface area contributed by atoms with Crippen LogP contribution in [0.15, 0.2) is 28.7 Å².